The van der Waals surface area contributed by atoms with E-state index in [9.17, 15) is 0 Å². The van der Waals surface area contributed by atoms with Crippen LogP contribution < -0.4 is 14.8 Å². The largest absolute Gasteiger partial charge is 0.454 e. The van der Waals surface area contributed by atoms with Crippen molar-refractivity contribution in [3.8, 4) is 11.5 Å². The molecule has 3 rings (SSSR count). The number of rotatable bonds is 6. The van der Waals surface area contributed by atoms with E-state index in [1.165, 1.54) is 11.1 Å². The van der Waals surface area contributed by atoms with Gasteiger partial charge < -0.3 is 14.8 Å². The molecule has 3 heteroatoms. The van der Waals surface area contributed by atoms with Gasteiger partial charge in [0.25, 0.3) is 0 Å². The number of benzene rings is 2. The van der Waals surface area contributed by atoms with Crippen molar-refractivity contribution in [3.05, 3.63) is 59.7 Å². The molecule has 21 heavy (non-hydrogen) atoms. The number of aryl methyl sites for hydroxylation is 1. The minimum absolute atomic E-state index is 0.333. The van der Waals surface area contributed by atoms with Crippen molar-refractivity contribution >= 4 is 0 Å². The Morgan fingerprint density at radius 2 is 1.81 bits per heavy atom. The third kappa shape index (κ3) is 3.76. The van der Waals surface area contributed by atoms with E-state index in [2.05, 4.69) is 54.7 Å². The molecule has 0 amide bonds. The lowest BCUT2D eigenvalue weighted by Gasteiger charge is -2.14. The first-order valence-electron chi connectivity index (χ1n) is 7.47. The fourth-order valence-electron chi connectivity index (χ4n) is 2.47. The molecule has 0 saturated carbocycles. The summed E-state index contributed by atoms with van der Waals surface area (Å²) in [5, 5.41) is 3.56. The van der Waals surface area contributed by atoms with Gasteiger partial charge >= 0.3 is 0 Å². The van der Waals surface area contributed by atoms with Crippen LogP contribution in [0.3, 0.4) is 0 Å². The van der Waals surface area contributed by atoms with Crippen molar-refractivity contribution in [2.24, 2.45) is 0 Å². The van der Waals surface area contributed by atoms with Crippen LogP contribution >= 0.6 is 0 Å². The van der Waals surface area contributed by atoms with Crippen LogP contribution in [0.2, 0.25) is 0 Å². The van der Waals surface area contributed by atoms with E-state index >= 15 is 0 Å². The second kappa shape index (κ2) is 6.64. The lowest BCUT2D eigenvalue weighted by Crippen LogP contribution is -2.25. The minimum atomic E-state index is 0.333. The normalized spacial score (nSPS) is 14.1. The predicted octanol–water partition coefficient (Wildman–Crippen LogP) is 3.53. The zero-order valence-corrected chi connectivity index (χ0v) is 12.3. The quantitative estimate of drug-likeness (QED) is 0.880. The summed E-state index contributed by atoms with van der Waals surface area (Å²) in [4.78, 5) is 0. The smallest absolute Gasteiger partial charge is 0.231 e. The van der Waals surface area contributed by atoms with E-state index in [1.807, 2.05) is 6.07 Å². The molecule has 2 aromatic carbocycles. The van der Waals surface area contributed by atoms with Crippen LogP contribution in [0.25, 0.3) is 0 Å². The Bertz CT molecular complexity index is 583. The number of nitrogens with one attached hydrogen (secondary N) is 1. The van der Waals surface area contributed by atoms with Gasteiger partial charge in [0.15, 0.2) is 11.5 Å². The molecule has 1 N–H and O–H groups in total. The molecule has 0 fully saturated rings. The van der Waals surface area contributed by atoms with Gasteiger partial charge in [-0.1, -0.05) is 36.4 Å². The number of fused-ring (bicyclic) bond motifs is 1. The van der Waals surface area contributed by atoms with E-state index in [4.69, 9.17) is 9.47 Å². The maximum Gasteiger partial charge on any atom is 0.231 e. The highest BCUT2D eigenvalue weighted by Gasteiger charge is 2.13. The Kier molecular flexibility index (Phi) is 4.41. The summed E-state index contributed by atoms with van der Waals surface area (Å²) in [6.07, 6.45) is 2.24. The van der Waals surface area contributed by atoms with Crippen molar-refractivity contribution < 1.29 is 9.47 Å². The fourth-order valence-corrected chi connectivity index (χ4v) is 2.47. The summed E-state index contributed by atoms with van der Waals surface area (Å²) < 4.78 is 10.7. The SMILES string of the molecule is C[C@H](CCc1ccccc1)NCc1ccc2c(c1)OCO2. The van der Waals surface area contributed by atoms with E-state index in [0.717, 1.165) is 30.9 Å². The second-order valence-electron chi connectivity index (χ2n) is 5.49. The van der Waals surface area contributed by atoms with Gasteiger partial charge in [0.2, 0.25) is 6.79 Å². The Morgan fingerprint density at radius 1 is 1.00 bits per heavy atom. The van der Waals surface area contributed by atoms with Crippen LogP contribution in [0.5, 0.6) is 11.5 Å². The van der Waals surface area contributed by atoms with Crippen LogP contribution in [0.15, 0.2) is 48.5 Å². The number of hydrogen-bond acceptors (Lipinski definition) is 3. The molecule has 110 valence electrons. The van der Waals surface area contributed by atoms with Gasteiger partial charge in [-0.05, 0) is 43.0 Å². The Labute approximate surface area is 125 Å². The maximum atomic E-state index is 5.40. The van der Waals surface area contributed by atoms with E-state index in [-0.39, 0.29) is 0 Å². The Balaban J connectivity index is 1.46. The molecule has 3 nitrogen and oxygen atoms in total. The highest BCUT2D eigenvalue weighted by molar-refractivity contribution is 5.44. The highest BCUT2D eigenvalue weighted by atomic mass is 16.7. The average Bonchev–Trinajstić information content (AvgIpc) is 2.99. The van der Waals surface area contributed by atoms with Crippen LogP contribution in [0, 0.1) is 0 Å². The number of ether oxygens (including phenoxy) is 2. The Hall–Kier alpha value is -2.00. The topological polar surface area (TPSA) is 30.5 Å². The van der Waals surface area contributed by atoms with Crippen LogP contribution in [0.4, 0.5) is 0 Å². The van der Waals surface area contributed by atoms with Gasteiger partial charge in [0.1, 0.15) is 0 Å². The molecule has 1 heterocycles. The summed E-state index contributed by atoms with van der Waals surface area (Å²) in [5.41, 5.74) is 2.63. The number of hydrogen-bond donors (Lipinski definition) is 1. The van der Waals surface area contributed by atoms with Gasteiger partial charge in [-0.25, -0.2) is 0 Å². The molecular weight excluding hydrogens is 262 g/mol. The molecule has 0 aliphatic carbocycles. The van der Waals surface area contributed by atoms with Crippen LogP contribution in [-0.2, 0) is 13.0 Å². The van der Waals surface area contributed by atoms with Crippen molar-refractivity contribution in [1.82, 2.24) is 5.32 Å². The predicted molar refractivity (Wildman–Crippen MR) is 83.6 cm³/mol. The first-order valence-corrected chi connectivity index (χ1v) is 7.47. The van der Waals surface area contributed by atoms with Gasteiger partial charge in [0, 0.05) is 12.6 Å². The summed E-state index contributed by atoms with van der Waals surface area (Å²) in [5.74, 6) is 1.70. The summed E-state index contributed by atoms with van der Waals surface area (Å²) in [7, 11) is 0. The zero-order valence-electron chi connectivity index (χ0n) is 12.3. The van der Waals surface area contributed by atoms with Gasteiger partial charge in [-0.2, -0.15) is 0 Å². The average molecular weight is 283 g/mol. The van der Waals surface area contributed by atoms with E-state index in [1.54, 1.807) is 0 Å². The second-order valence-corrected chi connectivity index (χ2v) is 5.49. The molecule has 0 spiro atoms. The monoisotopic (exact) mass is 283 g/mol. The molecule has 1 aliphatic rings. The third-order valence-electron chi connectivity index (χ3n) is 3.80. The minimum Gasteiger partial charge on any atom is -0.454 e. The summed E-state index contributed by atoms with van der Waals surface area (Å²) in [6, 6.07) is 17.2. The van der Waals surface area contributed by atoms with E-state index < -0.39 is 0 Å². The highest BCUT2D eigenvalue weighted by Crippen LogP contribution is 2.32. The fraction of sp³-hybridized carbons (Fsp3) is 0.333. The zero-order chi connectivity index (χ0) is 14.5. The van der Waals surface area contributed by atoms with Gasteiger partial charge in [-0.3, -0.25) is 0 Å². The molecule has 2 aromatic rings. The summed E-state index contributed by atoms with van der Waals surface area (Å²) in [6.45, 7) is 3.42. The molecule has 0 saturated heterocycles. The van der Waals surface area contributed by atoms with Gasteiger partial charge in [0.05, 0.1) is 0 Å². The van der Waals surface area contributed by atoms with Crippen LogP contribution in [0.1, 0.15) is 24.5 Å². The first kappa shape index (κ1) is 14.0. The lowest BCUT2D eigenvalue weighted by atomic mass is 10.1. The van der Waals surface area contributed by atoms with Crippen molar-refractivity contribution in [2.45, 2.75) is 32.4 Å². The molecule has 0 radical (unpaired) electrons. The molecule has 0 aromatic heterocycles. The first-order chi connectivity index (χ1) is 10.3. The Morgan fingerprint density at radius 3 is 2.67 bits per heavy atom. The van der Waals surface area contributed by atoms with Crippen molar-refractivity contribution in [3.63, 3.8) is 0 Å². The molecule has 0 unspecified atom stereocenters. The molecular formula is C18H21NO2. The summed E-state index contributed by atoms with van der Waals surface area (Å²) >= 11 is 0. The lowest BCUT2D eigenvalue weighted by molar-refractivity contribution is 0.174. The van der Waals surface area contributed by atoms with Gasteiger partial charge in [-0.15, -0.1) is 0 Å². The van der Waals surface area contributed by atoms with Crippen LogP contribution in [-0.4, -0.2) is 12.8 Å². The van der Waals surface area contributed by atoms with Crippen molar-refractivity contribution in [1.29, 1.82) is 0 Å². The van der Waals surface area contributed by atoms with Crippen molar-refractivity contribution in [2.75, 3.05) is 6.79 Å². The maximum absolute atomic E-state index is 5.40. The van der Waals surface area contributed by atoms with E-state index in [0.29, 0.717) is 12.8 Å². The molecule has 1 atom stereocenters. The third-order valence-corrected chi connectivity index (χ3v) is 3.80. The molecule has 1 aliphatic heterocycles. The standard InChI is InChI=1S/C18H21NO2/c1-14(7-8-15-5-3-2-4-6-15)19-12-16-9-10-17-18(11-16)21-13-20-17/h2-6,9-11,14,19H,7-8,12-13H2,1H3/t14-/m1/s1. The molecule has 0 bridgehead atoms.